The third kappa shape index (κ3) is 1.39. The van der Waals surface area contributed by atoms with Crippen LogP contribution in [0.25, 0.3) is 5.65 Å². The maximum absolute atomic E-state index is 5.92. The summed E-state index contributed by atoms with van der Waals surface area (Å²) in [5.74, 6) is 0. The number of halogens is 2. The van der Waals surface area contributed by atoms with Crippen LogP contribution in [0.15, 0.2) is 18.5 Å². The number of aromatic nitrogens is 2. The van der Waals surface area contributed by atoms with Crippen LogP contribution in [0.2, 0.25) is 10.0 Å². The number of hydrogen-bond donors (Lipinski definition) is 1. The molecule has 5 heteroatoms. The second-order valence-corrected chi connectivity index (χ2v) is 3.50. The molecule has 13 heavy (non-hydrogen) atoms. The molecular formula is C8H7Cl2N3. The number of imidazole rings is 1. The normalized spacial score (nSPS) is 11.0. The zero-order chi connectivity index (χ0) is 9.42. The molecule has 0 atom stereocenters. The average Bonchev–Trinajstić information content (AvgIpc) is 2.47. The molecule has 0 bridgehead atoms. The van der Waals surface area contributed by atoms with E-state index in [1.807, 2.05) is 0 Å². The van der Waals surface area contributed by atoms with Gasteiger partial charge in [0.05, 0.1) is 21.9 Å². The molecule has 0 aromatic carbocycles. The summed E-state index contributed by atoms with van der Waals surface area (Å²) in [5, 5.41) is 1.11. The van der Waals surface area contributed by atoms with Gasteiger partial charge in [-0.05, 0) is 6.07 Å². The van der Waals surface area contributed by atoms with Crippen LogP contribution in [0.5, 0.6) is 0 Å². The fourth-order valence-corrected chi connectivity index (χ4v) is 1.73. The Morgan fingerprint density at radius 2 is 2.23 bits per heavy atom. The molecule has 2 N–H and O–H groups in total. The van der Waals surface area contributed by atoms with Gasteiger partial charge in [-0.3, -0.25) is 0 Å². The number of nitrogens with zero attached hydrogens (tertiary/aromatic N) is 2. The highest BCUT2D eigenvalue weighted by Gasteiger charge is 2.05. The molecule has 0 spiro atoms. The van der Waals surface area contributed by atoms with Gasteiger partial charge in [-0.25, -0.2) is 4.98 Å². The Kier molecular flexibility index (Phi) is 2.15. The summed E-state index contributed by atoms with van der Waals surface area (Å²) in [7, 11) is 0. The van der Waals surface area contributed by atoms with Crippen LogP contribution in [-0.2, 0) is 6.54 Å². The van der Waals surface area contributed by atoms with Gasteiger partial charge in [0, 0.05) is 12.7 Å². The highest BCUT2D eigenvalue weighted by atomic mass is 35.5. The first-order chi connectivity index (χ1) is 6.22. The van der Waals surface area contributed by atoms with Crippen molar-refractivity contribution in [3.63, 3.8) is 0 Å². The molecule has 0 saturated carbocycles. The third-order valence-corrected chi connectivity index (χ3v) is 2.30. The van der Waals surface area contributed by atoms with Gasteiger partial charge in [0.25, 0.3) is 0 Å². The van der Waals surface area contributed by atoms with Gasteiger partial charge in [-0.2, -0.15) is 0 Å². The highest BCUT2D eigenvalue weighted by Crippen LogP contribution is 2.21. The van der Waals surface area contributed by atoms with Gasteiger partial charge in [0.15, 0.2) is 5.65 Å². The van der Waals surface area contributed by atoms with Crippen molar-refractivity contribution in [3.8, 4) is 0 Å². The first-order valence-electron chi connectivity index (χ1n) is 3.73. The quantitative estimate of drug-likeness (QED) is 0.793. The Labute approximate surface area is 85.1 Å². The van der Waals surface area contributed by atoms with Crippen molar-refractivity contribution >= 4 is 28.8 Å². The molecule has 2 rings (SSSR count). The van der Waals surface area contributed by atoms with Crippen molar-refractivity contribution in [3.05, 3.63) is 34.2 Å². The van der Waals surface area contributed by atoms with Gasteiger partial charge in [-0.15, -0.1) is 0 Å². The number of hydrogen-bond acceptors (Lipinski definition) is 2. The monoisotopic (exact) mass is 215 g/mol. The maximum atomic E-state index is 5.92. The summed E-state index contributed by atoms with van der Waals surface area (Å²) in [5.41, 5.74) is 7.09. The molecule has 0 aliphatic rings. The summed E-state index contributed by atoms with van der Waals surface area (Å²) in [6.45, 7) is 0.415. The number of nitrogens with two attached hydrogens (primary N) is 1. The predicted octanol–water partition coefficient (Wildman–Crippen LogP) is 2.10. The summed E-state index contributed by atoms with van der Waals surface area (Å²) >= 11 is 11.8. The standard InChI is InChI=1S/C8H7Cl2N3/c9-5-1-7(10)8-12-3-6(2-11)13(8)4-5/h1,3-4H,2,11H2. The minimum atomic E-state index is 0.415. The lowest BCUT2D eigenvalue weighted by atomic mass is 10.4. The van der Waals surface area contributed by atoms with E-state index in [1.54, 1.807) is 22.9 Å². The molecule has 0 aliphatic carbocycles. The lowest BCUT2D eigenvalue weighted by Crippen LogP contribution is -2.00. The Morgan fingerprint density at radius 1 is 1.46 bits per heavy atom. The average molecular weight is 216 g/mol. The van der Waals surface area contributed by atoms with Gasteiger partial charge < -0.3 is 10.1 Å². The van der Waals surface area contributed by atoms with Crippen LogP contribution in [-0.4, -0.2) is 9.38 Å². The zero-order valence-corrected chi connectivity index (χ0v) is 8.18. The zero-order valence-electron chi connectivity index (χ0n) is 6.67. The van der Waals surface area contributed by atoms with E-state index in [4.69, 9.17) is 28.9 Å². The van der Waals surface area contributed by atoms with Crippen LogP contribution in [0.3, 0.4) is 0 Å². The Hall–Kier alpha value is -0.770. The molecule has 0 fully saturated rings. The largest absolute Gasteiger partial charge is 0.325 e. The maximum Gasteiger partial charge on any atom is 0.155 e. The van der Waals surface area contributed by atoms with E-state index in [0.29, 0.717) is 22.2 Å². The molecule has 0 amide bonds. The first kappa shape index (κ1) is 8.81. The Bertz CT molecular complexity index is 450. The molecule has 2 aromatic rings. The van der Waals surface area contributed by atoms with Gasteiger partial charge >= 0.3 is 0 Å². The molecule has 0 aliphatic heterocycles. The topological polar surface area (TPSA) is 43.3 Å². The highest BCUT2D eigenvalue weighted by molar-refractivity contribution is 6.36. The summed E-state index contributed by atoms with van der Waals surface area (Å²) < 4.78 is 1.80. The predicted molar refractivity (Wildman–Crippen MR) is 53.1 cm³/mol. The van der Waals surface area contributed by atoms with Crippen LogP contribution < -0.4 is 5.73 Å². The Morgan fingerprint density at radius 3 is 2.92 bits per heavy atom. The number of pyridine rings is 1. The van der Waals surface area contributed by atoms with Gasteiger partial charge in [-0.1, -0.05) is 23.2 Å². The van der Waals surface area contributed by atoms with Crippen molar-refractivity contribution < 1.29 is 0 Å². The molecule has 0 unspecified atom stereocenters. The van der Waals surface area contributed by atoms with Crippen LogP contribution in [0.4, 0.5) is 0 Å². The summed E-state index contributed by atoms with van der Waals surface area (Å²) in [6.07, 6.45) is 3.44. The summed E-state index contributed by atoms with van der Waals surface area (Å²) in [6, 6.07) is 1.66. The van der Waals surface area contributed by atoms with Crippen LogP contribution in [0.1, 0.15) is 5.69 Å². The minimum absolute atomic E-state index is 0.415. The van der Waals surface area contributed by atoms with E-state index in [9.17, 15) is 0 Å². The van der Waals surface area contributed by atoms with Gasteiger partial charge in [0.1, 0.15) is 0 Å². The first-order valence-corrected chi connectivity index (χ1v) is 4.49. The van der Waals surface area contributed by atoms with Crippen LogP contribution in [0, 0.1) is 0 Å². The smallest absolute Gasteiger partial charge is 0.155 e. The van der Waals surface area contributed by atoms with E-state index in [-0.39, 0.29) is 0 Å². The van der Waals surface area contributed by atoms with E-state index >= 15 is 0 Å². The third-order valence-electron chi connectivity index (χ3n) is 1.81. The minimum Gasteiger partial charge on any atom is -0.325 e. The summed E-state index contributed by atoms with van der Waals surface area (Å²) in [4.78, 5) is 4.12. The fraction of sp³-hybridized carbons (Fsp3) is 0.125. The molecular weight excluding hydrogens is 209 g/mol. The van der Waals surface area contributed by atoms with Gasteiger partial charge in [0.2, 0.25) is 0 Å². The molecule has 3 nitrogen and oxygen atoms in total. The second-order valence-electron chi connectivity index (χ2n) is 2.65. The fourth-order valence-electron chi connectivity index (χ4n) is 1.21. The van der Waals surface area contributed by atoms with Crippen molar-refractivity contribution in [2.45, 2.75) is 6.54 Å². The Balaban J connectivity index is 2.82. The molecule has 0 radical (unpaired) electrons. The molecule has 2 heterocycles. The molecule has 68 valence electrons. The van der Waals surface area contributed by atoms with E-state index < -0.39 is 0 Å². The molecule has 0 saturated heterocycles. The molecule has 2 aromatic heterocycles. The van der Waals surface area contributed by atoms with Crippen LogP contribution >= 0.6 is 23.2 Å². The van der Waals surface area contributed by atoms with Crippen molar-refractivity contribution in [1.29, 1.82) is 0 Å². The second kappa shape index (κ2) is 3.18. The lowest BCUT2D eigenvalue weighted by Gasteiger charge is -2.00. The van der Waals surface area contributed by atoms with Crippen molar-refractivity contribution in [2.75, 3.05) is 0 Å². The van der Waals surface area contributed by atoms with E-state index in [1.165, 1.54) is 0 Å². The number of fused-ring (bicyclic) bond motifs is 1. The van der Waals surface area contributed by atoms with Crippen molar-refractivity contribution in [2.24, 2.45) is 5.73 Å². The van der Waals surface area contributed by atoms with E-state index in [2.05, 4.69) is 4.98 Å². The number of rotatable bonds is 1. The van der Waals surface area contributed by atoms with E-state index in [0.717, 1.165) is 5.69 Å². The SMILES string of the molecule is NCc1cnc2c(Cl)cc(Cl)cn12. The van der Waals surface area contributed by atoms with Crippen molar-refractivity contribution in [1.82, 2.24) is 9.38 Å². The lowest BCUT2D eigenvalue weighted by molar-refractivity contribution is 0.960.